The molecule has 0 aromatic carbocycles. The lowest BCUT2D eigenvalue weighted by atomic mass is 10.1. The molecule has 0 bridgehead atoms. The van der Waals surface area contributed by atoms with E-state index in [1.165, 1.54) is 4.88 Å². The summed E-state index contributed by atoms with van der Waals surface area (Å²) in [7, 11) is 1.81. The average Bonchev–Trinajstić information content (AvgIpc) is 3.21. The summed E-state index contributed by atoms with van der Waals surface area (Å²) in [6, 6.07) is 8.54. The van der Waals surface area contributed by atoms with Crippen LogP contribution < -0.4 is 15.5 Å². The molecule has 0 saturated carbocycles. The predicted octanol–water partition coefficient (Wildman–Crippen LogP) is 3.30. The normalized spacial score (nSPS) is 21.1. The van der Waals surface area contributed by atoms with Crippen molar-refractivity contribution in [1.82, 2.24) is 15.6 Å². The molecule has 0 radical (unpaired) electrons. The molecule has 0 amide bonds. The molecule has 3 atom stereocenters. The van der Waals surface area contributed by atoms with Gasteiger partial charge in [-0.3, -0.25) is 4.99 Å². The van der Waals surface area contributed by atoms with Crippen molar-refractivity contribution in [2.24, 2.45) is 10.9 Å². The fourth-order valence-electron chi connectivity index (χ4n) is 3.59. The molecule has 2 aromatic heterocycles. The third kappa shape index (κ3) is 6.72. The lowest BCUT2D eigenvalue weighted by Gasteiger charge is -2.36. The number of guanidine groups is 1. The van der Waals surface area contributed by atoms with Crippen LogP contribution in [0.3, 0.4) is 0 Å². The number of aromatic nitrogens is 1. The van der Waals surface area contributed by atoms with Crippen molar-refractivity contribution in [3.63, 3.8) is 0 Å². The summed E-state index contributed by atoms with van der Waals surface area (Å²) >= 11 is 1.82. The zero-order valence-corrected chi connectivity index (χ0v) is 18.7. The van der Waals surface area contributed by atoms with Crippen molar-refractivity contribution < 1.29 is 4.74 Å². The molecular weight excluding hydrogens is 382 g/mol. The Morgan fingerprint density at radius 2 is 2.07 bits per heavy atom. The molecule has 1 fully saturated rings. The van der Waals surface area contributed by atoms with E-state index in [-0.39, 0.29) is 12.2 Å². The monoisotopic (exact) mass is 415 g/mol. The maximum atomic E-state index is 5.81. The van der Waals surface area contributed by atoms with Gasteiger partial charge in [-0.1, -0.05) is 19.1 Å². The molecule has 2 aromatic rings. The Morgan fingerprint density at radius 3 is 2.69 bits per heavy atom. The van der Waals surface area contributed by atoms with Gasteiger partial charge in [0.15, 0.2) is 5.96 Å². The van der Waals surface area contributed by atoms with E-state index in [0.717, 1.165) is 43.4 Å². The Balaban J connectivity index is 1.44. The van der Waals surface area contributed by atoms with Crippen molar-refractivity contribution in [3.8, 4) is 0 Å². The molecule has 158 valence electrons. The maximum absolute atomic E-state index is 5.81. The molecule has 29 heavy (non-hydrogen) atoms. The van der Waals surface area contributed by atoms with E-state index in [9.17, 15) is 0 Å². The van der Waals surface area contributed by atoms with Crippen LogP contribution in [0, 0.1) is 5.92 Å². The van der Waals surface area contributed by atoms with E-state index >= 15 is 0 Å². The highest BCUT2D eigenvalue weighted by atomic mass is 32.1. The van der Waals surface area contributed by atoms with Crippen molar-refractivity contribution >= 4 is 23.1 Å². The van der Waals surface area contributed by atoms with Crippen LogP contribution in [-0.4, -0.2) is 49.8 Å². The van der Waals surface area contributed by atoms with E-state index in [1.807, 2.05) is 17.5 Å². The Labute approximate surface area is 178 Å². The number of nitrogens with one attached hydrogen (secondary N) is 2. The number of hydrogen-bond acceptors (Lipinski definition) is 5. The molecule has 7 heteroatoms. The minimum atomic E-state index is 0.235. The van der Waals surface area contributed by atoms with Crippen LogP contribution in [0.15, 0.2) is 40.8 Å². The van der Waals surface area contributed by atoms with Gasteiger partial charge in [-0.05, 0) is 49.3 Å². The standard InChI is InChI=1S/C22H33N5OS/c1-16(10-20-6-5-9-29-20)11-25-22(23-4)26-13-19-7-8-21(24-12-19)27-14-17(2)28-18(3)15-27/h5-9,12,16-18H,10-11,13-15H2,1-4H3,(H2,23,25,26). The summed E-state index contributed by atoms with van der Waals surface area (Å²) in [5.74, 6) is 2.38. The molecule has 0 aliphatic carbocycles. The Bertz CT molecular complexity index is 752. The molecule has 3 heterocycles. The minimum absolute atomic E-state index is 0.235. The number of pyridine rings is 1. The van der Waals surface area contributed by atoms with Crippen LogP contribution in [0.4, 0.5) is 5.82 Å². The zero-order valence-electron chi connectivity index (χ0n) is 17.9. The van der Waals surface area contributed by atoms with E-state index < -0.39 is 0 Å². The first kappa shape index (κ1) is 21.6. The van der Waals surface area contributed by atoms with Gasteiger partial charge in [-0.2, -0.15) is 0 Å². The predicted molar refractivity (Wildman–Crippen MR) is 122 cm³/mol. The van der Waals surface area contributed by atoms with Crippen LogP contribution in [-0.2, 0) is 17.7 Å². The maximum Gasteiger partial charge on any atom is 0.191 e. The molecule has 6 nitrogen and oxygen atoms in total. The van der Waals surface area contributed by atoms with Gasteiger partial charge in [0.2, 0.25) is 0 Å². The van der Waals surface area contributed by atoms with Crippen LogP contribution >= 0.6 is 11.3 Å². The second-order valence-electron chi connectivity index (χ2n) is 7.88. The fraction of sp³-hybridized carbons (Fsp3) is 0.545. The van der Waals surface area contributed by atoms with Crippen molar-refractivity contribution in [1.29, 1.82) is 0 Å². The number of rotatable bonds is 7. The third-order valence-corrected chi connectivity index (χ3v) is 5.88. The first-order valence-corrected chi connectivity index (χ1v) is 11.2. The smallest absolute Gasteiger partial charge is 0.191 e. The zero-order chi connectivity index (χ0) is 20.6. The Morgan fingerprint density at radius 1 is 1.28 bits per heavy atom. The largest absolute Gasteiger partial charge is 0.372 e. The molecule has 1 aliphatic heterocycles. The average molecular weight is 416 g/mol. The van der Waals surface area contributed by atoms with Crippen molar-refractivity contribution in [3.05, 3.63) is 46.3 Å². The highest BCUT2D eigenvalue weighted by molar-refractivity contribution is 7.09. The molecule has 3 unspecified atom stereocenters. The molecule has 1 saturated heterocycles. The van der Waals surface area contributed by atoms with Gasteiger partial charge < -0.3 is 20.3 Å². The van der Waals surface area contributed by atoms with Crippen LogP contribution in [0.2, 0.25) is 0 Å². The number of nitrogens with zero attached hydrogens (tertiary/aromatic N) is 3. The molecule has 2 N–H and O–H groups in total. The fourth-order valence-corrected chi connectivity index (χ4v) is 4.46. The highest BCUT2D eigenvalue weighted by Crippen LogP contribution is 2.18. The summed E-state index contributed by atoms with van der Waals surface area (Å²) < 4.78 is 5.81. The quantitative estimate of drug-likeness (QED) is 0.537. The highest BCUT2D eigenvalue weighted by Gasteiger charge is 2.22. The van der Waals surface area contributed by atoms with Gasteiger partial charge in [0.1, 0.15) is 5.82 Å². The minimum Gasteiger partial charge on any atom is -0.372 e. The molecule has 1 aliphatic rings. The number of hydrogen-bond donors (Lipinski definition) is 2. The lowest BCUT2D eigenvalue weighted by molar-refractivity contribution is -0.00545. The third-order valence-electron chi connectivity index (χ3n) is 4.98. The van der Waals surface area contributed by atoms with E-state index in [0.29, 0.717) is 12.5 Å². The van der Waals surface area contributed by atoms with Crippen LogP contribution in [0.1, 0.15) is 31.2 Å². The van der Waals surface area contributed by atoms with Gasteiger partial charge in [-0.15, -0.1) is 11.3 Å². The first-order valence-electron chi connectivity index (χ1n) is 10.4. The Kier molecular flexibility index (Phi) is 7.89. The summed E-state index contributed by atoms with van der Waals surface area (Å²) in [5.41, 5.74) is 1.14. The number of morpholine rings is 1. The van der Waals surface area contributed by atoms with Gasteiger partial charge >= 0.3 is 0 Å². The van der Waals surface area contributed by atoms with Crippen molar-refractivity contribution in [2.45, 2.75) is 45.9 Å². The second kappa shape index (κ2) is 10.6. The summed E-state index contributed by atoms with van der Waals surface area (Å²) in [4.78, 5) is 12.7. The summed E-state index contributed by atoms with van der Waals surface area (Å²) in [6.07, 6.45) is 3.50. The van der Waals surface area contributed by atoms with Crippen LogP contribution in [0.25, 0.3) is 0 Å². The number of thiophene rings is 1. The van der Waals surface area contributed by atoms with Gasteiger partial charge in [0, 0.05) is 44.3 Å². The van der Waals surface area contributed by atoms with Gasteiger partial charge in [0.05, 0.1) is 12.2 Å². The van der Waals surface area contributed by atoms with Crippen LogP contribution in [0.5, 0.6) is 0 Å². The lowest BCUT2D eigenvalue weighted by Crippen LogP contribution is -2.45. The van der Waals surface area contributed by atoms with E-state index in [2.05, 4.69) is 75.9 Å². The summed E-state index contributed by atoms with van der Waals surface area (Å²) in [6.45, 7) is 9.84. The molecular formula is C22H33N5OS. The first-order chi connectivity index (χ1) is 14.0. The molecule has 3 rings (SSSR count). The van der Waals surface area contributed by atoms with E-state index in [1.54, 1.807) is 7.05 Å². The topological polar surface area (TPSA) is 61.8 Å². The Hall–Kier alpha value is -2.12. The van der Waals surface area contributed by atoms with Gasteiger partial charge in [-0.25, -0.2) is 4.98 Å². The number of ether oxygens (including phenoxy) is 1. The summed E-state index contributed by atoms with van der Waals surface area (Å²) in [5, 5.41) is 8.94. The molecule has 0 spiro atoms. The second-order valence-corrected chi connectivity index (χ2v) is 8.91. The SMILES string of the molecule is CN=C(NCc1ccc(N2CC(C)OC(C)C2)nc1)NCC(C)Cc1cccs1. The number of anilines is 1. The van der Waals surface area contributed by atoms with Gasteiger partial charge in [0.25, 0.3) is 0 Å². The number of aliphatic imine (C=N–C) groups is 1. The van der Waals surface area contributed by atoms with Crippen molar-refractivity contribution in [2.75, 3.05) is 31.6 Å². The van der Waals surface area contributed by atoms with E-state index in [4.69, 9.17) is 4.74 Å².